The van der Waals surface area contributed by atoms with E-state index in [9.17, 15) is 13.2 Å². The zero-order valence-electron chi connectivity index (χ0n) is 12.5. The molecule has 0 atom stereocenters. The molecule has 5 nitrogen and oxygen atoms in total. The lowest BCUT2D eigenvalue weighted by molar-refractivity contribution is -0.120. The van der Waals surface area contributed by atoms with Gasteiger partial charge in [-0.1, -0.05) is 18.9 Å². The van der Waals surface area contributed by atoms with Crippen molar-refractivity contribution in [3.8, 4) is 0 Å². The van der Waals surface area contributed by atoms with E-state index >= 15 is 0 Å². The van der Waals surface area contributed by atoms with Gasteiger partial charge in [0.25, 0.3) is 0 Å². The molecule has 0 saturated heterocycles. The van der Waals surface area contributed by atoms with Crippen molar-refractivity contribution in [3.63, 3.8) is 0 Å². The van der Waals surface area contributed by atoms with Crippen LogP contribution in [0.5, 0.6) is 0 Å². The van der Waals surface area contributed by atoms with Crippen LogP contribution < -0.4 is 10.0 Å². The van der Waals surface area contributed by atoms with E-state index in [1.807, 2.05) is 13.8 Å². The molecule has 1 saturated carbocycles. The molecule has 0 aliphatic heterocycles. The summed E-state index contributed by atoms with van der Waals surface area (Å²) in [6, 6.07) is 5.14. The second kappa shape index (κ2) is 6.58. The Balaban J connectivity index is 1.94. The number of hydrogen-bond acceptors (Lipinski definition) is 3. The molecule has 0 bridgehead atoms. The van der Waals surface area contributed by atoms with Crippen molar-refractivity contribution < 1.29 is 13.2 Å². The number of sulfonamides is 1. The van der Waals surface area contributed by atoms with Gasteiger partial charge in [-0.3, -0.25) is 4.79 Å². The van der Waals surface area contributed by atoms with Gasteiger partial charge < -0.3 is 5.32 Å². The Morgan fingerprint density at radius 1 is 1.19 bits per heavy atom. The van der Waals surface area contributed by atoms with Crippen LogP contribution >= 0.6 is 0 Å². The largest absolute Gasteiger partial charge is 0.352 e. The monoisotopic (exact) mass is 310 g/mol. The summed E-state index contributed by atoms with van der Waals surface area (Å²) in [6.07, 6.45) is 4.21. The first-order valence-electron chi connectivity index (χ1n) is 7.25. The van der Waals surface area contributed by atoms with Crippen LogP contribution in [-0.4, -0.2) is 26.9 Å². The van der Waals surface area contributed by atoms with Gasteiger partial charge in [-0.2, -0.15) is 0 Å². The van der Waals surface area contributed by atoms with E-state index in [-0.39, 0.29) is 23.4 Å². The van der Waals surface area contributed by atoms with Gasteiger partial charge >= 0.3 is 0 Å². The molecular weight excluding hydrogens is 288 g/mol. The fourth-order valence-corrected chi connectivity index (χ4v) is 3.54. The molecule has 116 valence electrons. The van der Waals surface area contributed by atoms with Gasteiger partial charge in [-0.05, 0) is 49.9 Å². The summed E-state index contributed by atoms with van der Waals surface area (Å²) >= 11 is 0. The first kappa shape index (κ1) is 16.0. The molecule has 0 radical (unpaired) electrons. The van der Waals surface area contributed by atoms with Crippen molar-refractivity contribution >= 4 is 15.9 Å². The molecule has 1 aromatic rings. The molecule has 1 fully saturated rings. The Hall–Kier alpha value is -1.40. The summed E-state index contributed by atoms with van der Waals surface area (Å²) in [4.78, 5) is 12.0. The van der Waals surface area contributed by atoms with Gasteiger partial charge in [-0.15, -0.1) is 0 Å². The third-order valence-electron chi connectivity index (χ3n) is 3.93. The average Bonchev–Trinajstić information content (AvgIpc) is 2.92. The zero-order chi connectivity index (χ0) is 15.5. The van der Waals surface area contributed by atoms with E-state index in [1.54, 1.807) is 18.2 Å². The van der Waals surface area contributed by atoms with E-state index in [4.69, 9.17) is 0 Å². The lowest BCUT2D eigenvalue weighted by Gasteiger charge is -2.13. The molecule has 2 rings (SSSR count). The fourth-order valence-electron chi connectivity index (χ4n) is 2.47. The van der Waals surface area contributed by atoms with E-state index in [1.165, 1.54) is 0 Å². The number of carbonyl (C=O) groups excluding carboxylic acids is 1. The van der Waals surface area contributed by atoms with Crippen LogP contribution in [-0.2, 0) is 14.8 Å². The molecule has 1 aliphatic carbocycles. The van der Waals surface area contributed by atoms with Crippen LogP contribution in [0, 0.1) is 13.8 Å². The van der Waals surface area contributed by atoms with Crippen LogP contribution in [0.15, 0.2) is 23.1 Å². The van der Waals surface area contributed by atoms with Gasteiger partial charge in [-0.25, -0.2) is 13.1 Å². The van der Waals surface area contributed by atoms with E-state index < -0.39 is 10.0 Å². The Morgan fingerprint density at radius 3 is 2.48 bits per heavy atom. The number of amides is 1. The van der Waals surface area contributed by atoms with Gasteiger partial charge in [0.05, 0.1) is 11.4 Å². The lowest BCUT2D eigenvalue weighted by atomic mass is 10.1. The minimum absolute atomic E-state index is 0.194. The van der Waals surface area contributed by atoms with Crippen LogP contribution in [0.3, 0.4) is 0 Å². The third-order valence-corrected chi connectivity index (χ3v) is 5.33. The predicted octanol–water partition coefficient (Wildman–Crippen LogP) is 1.64. The van der Waals surface area contributed by atoms with Crippen molar-refractivity contribution in [2.45, 2.75) is 50.5 Å². The summed E-state index contributed by atoms with van der Waals surface area (Å²) in [5.41, 5.74) is 1.95. The Bertz CT molecular complexity index is 620. The highest BCUT2D eigenvalue weighted by Crippen LogP contribution is 2.17. The Morgan fingerprint density at radius 2 is 1.86 bits per heavy atom. The van der Waals surface area contributed by atoms with Gasteiger partial charge in [0.1, 0.15) is 0 Å². The lowest BCUT2D eigenvalue weighted by Crippen LogP contribution is -2.40. The molecule has 0 heterocycles. The van der Waals surface area contributed by atoms with Crippen LogP contribution in [0.2, 0.25) is 0 Å². The molecule has 1 aromatic carbocycles. The van der Waals surface area contributed by atoms with Gasteiger partial charge in [0, 0.05) is 6.04 Å². The fraction of sp³-hybridized carbons (Fsp3) is 0.533. The number of nitrogens with one attached hydrogen (secondary N) is 2. The maximum Gasteiger partial charge on any atom is 0.241 e. The van der Waals surface area contributed by atoms with E-state index in [0.29, 0.717) is 0 Å². The van der Waals surface area contributed by atoms with Crippen molar-refractivity contribution in [2.24, 2.45) is 0 Å². The quantitative estimate of drug-likeness (QED) is 0.868. The highest BCUT2D eigenvalue weighted by Gasteiger charge is 2.19. The van der Waals surface area contributed by atoms with Crippen LogP contribution in [0.4, 0.5) is 0 Å². The SMILES string of the molecule is Cc1ccc(S(=O)(=O)NCC(=O)NC2CCCC2)cc1C. The molecule has 0 unspecified atom stereocenters. The van der Waals surface area contributed by atoms with E-state index in [0.717, 1.165) is 36.8 Å². The second-order valence-electron chi connectivity index (χ2n) is 5.62. The Kier molecular flexibility index (Phi) is 5.00. The summed E-state index contributed by atoms with van der Waals surface area (Å²) in [5.74, 6) is -0.269. The van der Waals surface area contributed by atoms with Crippen molar-refractivity contribution in [1.82, 2.24) is 10.0 Å². The minimum atomic E-state index is -3.64. The molecule has 21 heavy (non-hydrogen) atoms. The second-order valence-corrected chi connectivity index (χ2v) is 7.39. The molecule has 6 heteroatoms. The predicted molar refractivity (Wildman–Crippen MR) is 81.5 cm³/mol. The van der Waals surface area contributed by atoms with Crippen molar-refractivity contribution in [1.29, 1.82) is 0 Å². The summed E-state index contributed by atoms with van der Waals surface area (Å²) < 4.78 is 26.6. The molecule has 1 amide bonds. The average molecular weight is 310 g/mol. The topological polar surface area (TPSA) is 75.3 Å². The number of benzene rings is 1. The maximum absolute atomic E-state index is 12.1. The first-order chi connectivity index (χ1) is 9.88. The summed E-state index contributed by atoms with van der Waals surface area (Å²) in [5, 5.41) is 2.86. The standard InChI is InChI=1S/C15H22N2O3S/c1-11-7-8-14(9-12(11)2)21(19,20)16-10-15(18)17-13-5-3-4-6-13/h7-9,13,16H,3-6,10H2,1-2H3,(H,17,18). The van der Waals surface area contributed by atoms with Crippen molar-refractivity contribution in [3.05, 3.63) is 29.3 Å². The van der Waals surface area contributed by atoms with Gasteiger partial charge in [0.15, 0.2) is 0 Å². The molecule has 2 N–H and O–H groups in total. The molecule has 0 aromatic heterocycles. The summed E-state index contributed by atoms with van der Waals surface area (Å²) in [6.45, 7) is 3.57. The van der Waals surface area contributed by atoms with Crippen molar-refractivity contribution in [2.75, 3.05) is 6.54 Å². The number of carbonyl (C=O) groups is 1. The normalized spacial score (nSPS) is 16.1. The molecular formula is C15H22N2O3S. The number of hydrogen-bond donors (Lipinski definition) is 2. The van der Waals surface area contributed by atoms with Crippen LogP contribution in [0.1, 0.15) is 36.8 Å². The number of rotatable bonds is 5. The molecule has 1 aliphatic rings. The Labute approximate surface area is 126 Å². The summed E-state index contributed by atoms with van der Waals surface area (Å²) in [7, 11) is -3.64. The third kappa shape index (κ3) is 4.28. The smallest absolute Gasteiger partial charge is 0.241 e. The van der Waals surface area contributed by atoms with Gasteiger partial charge in [0.2, 0.25) is 15.9 Å². The molecule has 0 spiro atoms. The minimum Gasteiger partial charge on any atom is -0.352 e. The number of aryl methyl sites for hydroxylation is 2. The zero-order valence-corrected chi connectivity index (χ0v) is 13.3. The highest BCUT2D eigenvalue weighted by atomic mass is 32.2. The van der Waals surface area contributed by atoms with E-state index in [2.05, 4.69) is 10.0 Å². The highest BCUT2D eigenvalue weighted by molar-refractivity contribution is 7.89. The first-order valence-corrected chi connectivity index (χ1v) is 8.73. The van der Waals surface area contributed by atoms with Crippen LogP contribution in [0.25, 0.3) is 0 Å². The maximum atomic E-state index is 12.1.